The van der Waals surface area contributed by atoms with Crippen molar-refractivity contribution in [2.45, 2.75) is 77.9 Å². The maximum Gasteiger partial charge on any atom is 0.312 e. The Morgan fingerprint density at radius 2 is 1.53 bits per heavy atom. The van der Waals surface area contributed by atoms with Gasteiger partial charge in [-0.3, -0.25) is 24.0 Å². The van der Waals surface area contributed by atoms with Crippen molar-refractivity contribution in [2.75, 3.05) is 6.54 Å². The molecule has 0 radical (unpaired) electrons. The predicted molar refractivity (Wildman–Crippen MR) is 115 cm³/mol. The van der Waals surface area contributed by atoms with Gasteiger partial charge in [-0.25, -0.2) is 4.79 Å². The van der Waals surface area contributed by atoms with Gasteiger partial charge < -0.3 is 32.1 Å². The number of carbonyl (C=O) groups excluding carboxylic acids is 5. The third kappa shape index (κ3) is 11.9. The molecule has 182 valence electrons. The number of carbonyl (C=O) groups is 6. The lowest BCUT2D eigenvalue weighted by atomic mass is 9.99. The monoisotopic (exact) mass is 457 g/mol. The molecule has 0 aliphatic heterocycles. The third-order valence-corrected chi connectivity index (χ3v) is 4.61. The molecule has 5 amide bonds. The lowest BCUT2D eigenvalue weighted by molar-refractivity contribution is -0.138. The van der Waals surface area contributed by atoms with Crippen molar-refractivity contribution in [1.82, 2.24) is 21.3 Å². The second-order valence-corrected chi connectivity index (χ2v) is 7.73. The molecule has 12 heteroatoms. The van der Waals surface area contributed by atoms with Gasteiger partial charge in [0.1, 0.15) is 12.1 Å². The Morgan fingerprint density at radius 3 is 2.00 bits per heavy atom. The normalized spacial score (nSPS) is 13.4. The molecule has 0 saturated carbocycles. The fourth-order valence-electron chi connectivity index (χ4n) is 2.91. The maximum absolute atomic E-state index is 12.9. The average molecular weight is 458 g/mol. The highest BCUT2D eigenvalue weighted by molar-refractivity contribution is 5.94. The molecule has 0 aromatic rings. The molecule has 0 aromatic heterocycles. The molecule has 0 unspecified atom stereocenters. The Balaban J connectivity index is 5.25. The molecule has 0 rings (SSSR count). The van der Waals surface area contributed by atoms with Crippen molar-refractivity contribution in [2.24, 2.45) is 11.7 Å². The third-order valence-electron chi connectivity index (χ3n) is 4.61. The molecular weight excluding hydrogens is 422 g/mol. The molecule has 3 atom stereocenters. The van der Waals surface area contributed by atoms with Crippen LogP contribution in [0.15, 0.2) is 0 Å². The average Bonchev–Trinajstić information content (AvgIpc) is 2.69. The Bertz CT molecular complexity index is 696. The number of nitrogens with two attached hydrogens (primary N) is 1. The van der Waals surface area contributed by atoms with Crippen molar-refractivity contribution < 1.29 is 33.9 Å². The van der Waals surface area contributed by atoms with Gasteiger partial charge in [-0.15, -0.1) is 0 Å². The summed E-state index contributed by atoms with van der Waals surface area (Å²) in [4.78, 5) is 70.7. The van der Waals surface area contributed by atoms with Crippen LogP contribution in [0.4, 0.5) is 4.79 Å². The summed E-state index contributed by atoms with van der Waals surface area (Å²) in [6.45, 7) is 6.49. The molecule has 0 aromatic carbocycles. The van der Waals surface area contributed by atoms with Gasteiger partial charge in [0, 0.05) is 26.3 Å². The number of ketones is 1. The summed E-state index contributed by atoms with van der Waals surface area (Å²) in [5, 5.41) is 18.8. The zero-order chi connectivity index (χ0) is 24.8. The first-order chi connectivity index (χ1) is 14.9. The predicted octanol–water partition coefficient (Wildman–Crippen LogP) is -0.591. The summed E-state index contributed by atoms with van der Waals surface area (Å²) in [5.41, 5.74) is 5.00. The van der Waals surface area contributed by atoms with Crippen LogP contribution in [0.3, 0.4) is 0 Å². The van der Waals surface area contributed by atoms with E-state index < -0.39 is 47.8 Å². The minimum atomic E-state index is -1.13. The number of rotatable bonds is 15. The summed E-state index contributed by atoms with van der Waals surface area (Å²) >= 11 is 0. The van der Waals surface area contributed by atoms with Crippen LogP contribution in [-0.4, -0.2) is 65.3 Å². The van der Waals surface area contributed by atoms with E-state index in [1.165, 1.54) is 6.92 Å². The van der Waals surface area contributed by atoms with Crippen LogP contribution in [0, 0.1) is 5.92 Å². The number of aliphatic carboxylic acids is 1. The Labute approximate surface area is 187 Å². The number of primary amides is 1. The molecule has 0 fully saturated rings. The van der Waals surface area contributed by atoms with E-state index in [1.807, 2.05) is 0 Å². The molecule has 0 spiro atoms. The maximum atomic E-state index is 12.9. The van der Waals surface area contributed by atoms with Crippen molar-refractivity contribution in [1.29, 1.82) is 0 Å². The Kier molecular flexibility index (Phi) is 13.3. The van der Waals surface area contributed by atoms with E-state index in [4.69, 9.17) is 10.8 Å². The van der Waals surface area contributed by atoms with Gasteiger partial charge in [-0.2, -0.15) is 0 Å². The van der Waals surface area contributed by atoms with E-state index in [2.05, 4.69) is 21.3 Å². The fourth-order valence-corrected chi connectivity index (χ4v) is 2.91. The zero-order valence-electron chi connectivity index (χ0n) is 19.0. The van der Waals surface area contributed by atoms with Crippen LogP contribution in [0.25, 0.3) is 0 Å². The number of carboxylic acid groups (broad SMARTS) is 1. The van der Waals surface area contributed by atoms with E-state index in [0.717, 1.165) is 0 Å². The summed E-state index contributed by atoms with van der Waals surface area (Å²) in [6.07, 6.45) is 0.371. The highest BCUT2D eigenvalue weighted by Crippen LogP contribution is 2.08. The molecule has 12 nitrogen and oxygen atoms in total. The van der Waals surface area contributed by atoms with Crippen molar-refractivity contribution in [3.8, 4) is 0 Å². The first kappa shape index (κ1) is 28.8. The summed E-state index contributed by atoms with van der Waals surface area (Å²) < 4.78 is 0. The van der Waals surface area contributed by atoms with Gasteiger partial charge >= 0.3 is 12.0 Å². The molecule has 32 heavy (non-hydrogen) atoms. The molecule has 7 N–H and O–H groups in total. The quantitative estimate of drug-likeness (QED) is 0.177. The topological polar surface area (TPSA) is 197 Å². The highest BCUT2D eigenvalue weighted by atomic mass is 16.4. The van der Waals surface area contributed by atoms with Gasteiger partial charge in [-0.1, -0.05) is 20.8 Å². The van der Waals surface area contributed by atoms with Gasteiger partial charge in [-0.05, 0) is 25.2 Å². The fraction of sp³-hybridized carbons (Fsp3) is 0.700. The SMILES string of the molecule is CCC(=O)[C@H](CCCNC(N)=O)NC(=O)[C@@H](NC(=O)[C@H](CCC(=O)O)NC(C)=O)C(C)C. The van der Waals surface area contributed by atoms with Crippen molar-refractivity contribution in [3.05, 3.63) is 0 Å². The molecule has 0 aliphatic carbocycles. The number of carboxylic acids is 1. The number of nitrogens with one attached hydrogen (secondary N) is 4. The summed E-state index contributed by atoms with van der Waals surface area (Å²) in [5.74, 6) is -3.48. The largest absolute Gasteiger partial charge is 0.481 e. The standard InChI is InChI=1S/C20H35N5O7/c1-5-15(27)13(7-6-10-22-20(21)32)24-19(31)17(11(2)3)25-18(30)14(23-12(4)26)8-9-16(28)29/h11,13-14,17H,5-10H2,1-4H3,(H,23,26)(H,24,31)(H,25,30)(H,28,29)(H3,21,22,32)/t13-,14-,17-/m0/s1. The number of urea groups is 1. The highest BCUT2D eigenvalue weighted by Gasteiger charge is 2.30. The van der Waals surface area contributed by atoms with Crippen molar-refractivity contribution >= 4 is 35.5 Å². The van der Waals surface area contributed by atoms with Crippen LogP contribution >= 0.6 is 0 Å². The van der Waals surface area contributed by atoms with Crippen LogP contribution in [0.2, 0.25) is 0 Å². The second kappa shape index (κ2) is 14.8. The van der Waals surface area contributed by atoms with E-state index >= 15 is 0 Å². The first-order valence-electron chi connectivity index (χ1n) is 10.5. The van der Waals surface area contributed by atoms with Crippen LogP contribution in [0.5, 0.6) is 0 Å². The zero-order valence-corrected chi connectivity index (χ0v) is 19.0. The molecular formula is C20H35N5O7. The van der Waals surface area contributed by atoms with E-state index in [9.17, 15) is 28.8 Å². The van der Waals surface area contributed by atoms with Crippen molar-refractivity contribution in [3.63, 3.8) is 0 Å². The molecule has 0 heterocycles. The Morgan fingerprint density at radius 1 is 0.906 bits per heavy atom. The van der Waals surface area contributed by atoms with Gasteiger partial charge in [0.05, 0.1) is 6.04 Å². The minimum Gasteiger partial charge on any atom is -0.481 e. The molecule has 0 aliphatic rings. The van der Waals surface area contributed by atoms with Gasteiger partial charge in [0.15, 0.2) is 5.78 Å². The van der Waals surface area contributed by atoms with E-state index in [1.54, 1.807) is 20.8 Å². The lowest BCUT2D eigenvalue weighted by Crippen LogP contribution is -2.57. The van der Waals surface area contributed by atoms with E-state index in [-0.39, 0.29) is 43.9 Å². The summed E-state index contributed by atoms with van der Waals surface area (Å²) in [6, 6.07) is -3.63. The van der Waals surface area contributed by atoms with Crippen LogP contribution in [-0.2, 0) is 24.0 Å². The summed E-state index contributed by atoms with van der Waals surface area (Å²) in [7, 11) is 0. The van der Waals surface area contributed by atoms with Crippen LogP contribution < -0.4 is 27.0 Å². The number of Topliss-reactive ketones (excluding diaryl/α,β-unsaturated/α-hetero) is 1. The van der Waals surface area contributed by atoms with Gasteiger partial charge in [0.25, 0.3) is 0 Å². The smallest absolute Gasteiger partial charge is 0.312 e. The number of hydrogen-bond donors (Lipinski definition) is 6. The Hall–Kier alpha value is -3.18. The number of amides is 5. The minimum absolute atomic E-state index is 0.142. The van der Waals surface area contributed by atoms with Gasteiger partial charge in [0.2, 0.25) is 17.7 Å². The molecule has 0 saturated heterocycles. The first-order valence-corrected chi connectivity index (χ1v) is 10.5. The number of hydrogen-bond acceptors (Lipinski definition) is 6. The van der Waals surface area contributed by atoms with E-state index in [0.29, 0.717) is 6.42 Å². The lowest BCUT2D eigenvalue weighted by Gasteiger charge is -2.27. The molecule has 0 bridgehead atoms. The van der Waals surface area contributed by atoms with Crippen LogP contribution in [0.1, 0.15) is 59.8 Å². The second-order valence-electron chi connectivity index (χ2n) is 7.73.